The molecular formula is C9H18BrN5O. The lowest BCUT2D eigenvalue weighted by molar-refractivity contribution is 0.0301. The van der Waals surface area contributed by atoms with Gasteiger partial charge in [0.05, 0.1) is 17.8 Å². The second-order valence-corrected chi connectivity index (χ2v) is 4.73. The number of hydrogen-bond acceptors (Lipinski definition) is 5. The standard InChI is InChI=1S/C9H18BrN5O/c1-5(2)8(16-4)6(12-11)7-9(10)13-14-15(7)3/h5-6,8,12H,11H2,1-4H3. The molecule has 0 saturated heterocycles. The summed E-state index contributed by atoms with van der Waals surface area (Å²) in [6.45, 7) is 4.16. The van der Waals surface area contributed by atoms with Gasteiger partial charge in [0.25, 0.3) is 0 Å². The Morgan fingerprint density at radius 2 is 2.12 bits per heavy atom. The van der Waals surface area contributed by atoms with Crippen LogP contribution in [0.25, 0.3) is 0 Å². The number of methoxy groups -OCH3 is 1. The zero-order valence-corrected chi connectivity index (χ0v) is 11.5. The molecule has 6 nitrogen and oxygen atoms in total. The second kappa shape index (κ2) is 5.72. The van der Waals surface area contributed by atoms with Gasteiger partial charge >= 0.3 is 0 Å². The quantitative estimate of drug-likeness (QED) is 0.618. The molecule has 0 aliphatic heterocycles. The van der Waals surface area contributed by atoms with Gasteiger partial charge in [-0.3, -0.25) is 5.84 Å². The lowest BCUT2D eigenvalue weighted by Gasteiger charge is -2.28. The van der Waals surface area contributed by atoms with E-state index >= 15 is 0 Å². The van der Waals surface area contributed by atoms with Gasteiger partial charge in [0.2, 0.25) is 0 Å². The van der Waals surface area contributed by atoms with E-state index in [1.165, 1.54) is 0 Å². The molecule has 16 heavy (non-hydrogen) atoms. The van der Waals surface area contributed by atoms with Crippen LogP contribution in [0, 0.1) is 5.92 Å². The first-order valence-corrected chi connectivity index (χ1v) is 5.86. The summed E-state index contributed by atoms with van der Waals surface area (Å²) in [6, 6.07) is -0.153. The van der Waals surface area contributed by atoms with Crippen LogP contribution >= 0.6 is 15.9 Å². The maximum absolute atomic E-state index is 5.60. The van der Waals surface area contributed by atoms with Crippen molar-refractivity contribution in [3.63, 3.8) is 0 Å². The summed E-state index contributed by atoms with van der Waals surface area (Å²) in [5.41, 5.74) is 3.64. The van der Waals surface area contributed by atoms with E-state index in [0.717, 1.165) is 5.69 Å². The van der Waals surface area contributed by atoms with Crippen molar-refractivity contribution < 1.29 is 4.74 Å². The summed E-state index contributed by atoms with van der Waals surface area (Å²) in [7, 11) is 3.50. The molecule has 0 saturated carbocycles. The molecule has 3 N–H and O–H groups in total. The molecule has 0 aromatic carbocycles. The van der Waals surface area contributed by atoms with Crippen LogP contribution in [0.1, 0.15) is 25.6 Å². The summed E-state index contributed by atoms with van der Waals surface area (Å²) in [5.74, 6) is 5.92. The highest BCUT2D eigenvalue weighted by Gasteiger charge is 2.29. The number of nitrogens with zero attached hydrogens (tertiary/aromatic N) is 3. The first-order chi connectivity index (χ1) is 7.52. The van der Waals surface area contributed by atoms with Gasteiger partial charge in [-0.15, -0.1) is 5.10 Å². The number of halogens is 1. The highest BCUT2D eigenvalue weighted by molar-refractivity contribution is 9.10. The Bertz CT molecular complexity index is 321. The van der Waals surface area contributed by atoms with Crippen LogP contribution in [-0.4, -0.2) is 28.2 Å². The minimum Gasteiger partial charge on any atom is -0.379 e. The third-order valence-corrected chi connectivity index (χ3v) is 3.12. The lowest BCUT2D eigenvalue weighted by atomic mass is 9.98. The second-order valence-electron chi connectivity index (χ2n) is 3.98. The fourth-order valence-electron chi connectivity index (χ4n) is 1.79. The average molecular weight is 292 g/mol. The Kier molecular flexibility index (Phi) is 4.85. The molecular weight excluding hydrogens is 274 g/mol. The van der Waals surface area contributed by atoms with E-state index in [9.17, 15) is 0 Å². The van der Waals surface area contributed by atoms with E-state index < -0.39 is 0 Å². The van der Waals surface area contributed by atoms with Gasteiger partial charge in [0.1, 0.15) is 0 Å². The average Bonchev–Trinajstić information content (AvgIpc) is 2.55. The van der Waals surface area contributed by atoms with E-state index in [1.54, 1.807) is 11.8 Å². The Balaban J connectivity index is 3.06. The molecule has 1 rings (SSSR count). The zero-order valence-electron chi connectivity index (χ0n) is 9.94. The van der Waals surface area contributed by atoms with Crippen LogP contribution in [0.5, 0.6) is 0 Å². The maximum Gasteiger partial charge on any atom is 0.153 e. The topological polar surface area (TPSA) is 78.0 Å². The van der Waals surface area contributed by atoms with Crippen molar-refractivity contribution in [2.75, 3.05) is 7.11 Å². The van der Waals surface area contributed by atoms with Crippen molar-refractivity contribution in [1.29, 1.82) is 0 Å². The Labute approximate surface area is 104 Å². The van der Waals surface area contributed by atoms with Gasteiger partial charge < -0.3 is 4.74 Å². The van der Waals surface area contributed by atoms with Gasteiger partial charge in [-0.2, -0.15) is 0 Å². The van der Waals surface area contributed by atoms with Crippen molar-refractivity contribution in [3.8, 4) is 0 Å². The highest BCUT2D eigenvalue weighted by Crippen LogP contribution is 2.27. The molecule has 2 unspecified atom stereocenters. The number of hydrazine groups is 1. The number of ether oxygens (including phenoxy) is 1. The third-order valence-electron chi connectivity index (χ3n) is 2.56. The summed E-state index contributed by atoms with van der Waals surface area (Å²) < 4.78 is 7.83. The highest BCUT2D eigenvalue weighted by atomic mass is 79.9. The largest absolute Gasteiger partial charge is 0.379 e. The molecule has 0 fully saturated rings. The molecule has 0 aliphatic rings. The van der Waals surface area contributed by atoms with E-state index in [-0.39, 0.29) is 12.1 Å². The van der Waals surface area contributed by atoms with Gasteiger partial charge in [-0.25, -0.2) is 10.1 Å². The first kappa shape index (κ1) is 13.6. The van der Waals surface area contributed by atoms with E-state index in [0.29, 0.717) is 10.5 Å². The molecule has 1 aromatic heterocycles. The van der Waals surface area contributed by atoms with Crippen molar-refractivity contribution in [2.24, 2.45) is 18.8 Å². The Morgan fingerprint density at radius 1 is 1.50 bits per heavy atom. The van der Waals surface area contributed by atoms with Crippen LogP contribution in [0.4, 0.5) is 0 Å². The van der Waals surface area contributed by atoms with Gasteiger partial charge in [0.15, 0.2) is 4.60 Å². The molecule has 0 spiro atoms. The lowest BCUT2D eigenvalue weighted by Crippen LogP contribution is -2.41. The fraction of sp³-hybridized carbons (Fsp3) is 0.778. The Morgan fingerprint density at radius 3 is 2.44 bits per heavy atom. The third kappa shape index (κ3) is 2.60. The maximum atomic E-state index is 5.60. The summed E-state index contributed by atoms with van der Waals surface area (Å²) in [5, 5.41) is 7.87. The molecule has 0 aliphatic carbocycles. The Hall–Kier alpha value is -0.500. The molecule has 1 aromatic rings. The monoisotopic (exact) mass is 291 g/mol. The van der Waals surface area contributed by atoms with Crippen molar-refractivity contribution in [1.82, 2.24) is 20.4 Å². The SMILES string of the molecule is COC(C(C)C)C(NN)c1c(Br)nnn1C. The van der Waals surface area contributed by atoms with E-state index in [1.807, 2.05) is 7.05 Å². The zero-order chi connectivity index (χ0) is 12.3. The van der Waals surface area contributed by atoms with Crippen LogP contribution in [-0.2, 0) is 11.8 Å². The van der Waals surface area contributed by atoms with Crippen LogP contribution in [0.15, 0.2) is 4.60 Å². The molecule has 1 heterocycles. The molecule has 92 valence electrons. The van der Waals surface area contributed by atoms with Gasteiger partial charge in [0, 0.05) is 14.2 Å². The van der Waals surface area contributed by atoms with Crippen molar-refractivity contribution in [3.05, 3.63) is 10.3 Å². The smallest absolute Gasteiger partial charge is 0.153 e. The summed E-state index contributed by atoms with van der Waals surface area (Å²) >= 11 is 3.36. The number of nitrogens with two attached hydrogens (primary N) is 1. The molecule has 0 radical (unpaired) electrons. The number of rotatable bonds is 5. The number of hydrogen-bond donors (Lipinski definition) is 2. The minimum absolute atomic E-state index is 0.0431. The number of aryl methyl sites for hydroxylation is 1. The van der Waals surface area contributed by atoms with Crippen molar-refractivity contribution >= 4 is 15.9 Å². The summed E-state index contributed by atoms with van der Waals surface area (Å²) in [4.78, 5) is 0. The molecule has 0 amide bonds. The van der Waals surface area contributed by atoms with E-state index in [2.05, 4.69) is 45.5 Å². The van der Waals surface area contributed by atoms with Crippen molar-refractivity contribution in [2.45, 2.75) is 26.0 Å². The minimum atomic E-state index is -0.153. The summed E-state index contributed by atoms with van der Waals surface area (Å²) in [6.07, 6.45) is -0.0431. The van der Waals surface area contributed by atoms with Crippen LogP contribution in [0.3, 0.4) is 0 Å². The number of aromatic nitrogens is 3. The molecule has 7 heteroatoms. The predicted molar refractivity (Wildman–Crippen MR) is 64.4 cm³/mol. The van der Waals surface area contributed by atoms with Crippen LogP contribution in [0.2, 0.25) is 0 Å². The first-order valence-electron chi connectivity index (χ1n) is 5.06. The molecule has 0 bridgehead atoms. The van der Waals surface area contributed by atoms with Gasteiger partial charge in [-0.1, -0.05) is 19.1 Å². The van der Waals surface area contributed by atoms with Gasteiger partial charge in [-0.05, 0) is 21.8 Å². The number of nitrogens with one attached hydrogen (secondary N) is 1. The normalized spacial score (nSPS) is 15.4. The molecule has 2 atom stereocenters. The van der Waals surface area contributed by atoms with Crippen LogP contribution < -0.4 is 11.3 Å². The van der Waals surface area contributed by atoms with E-state index in [4.69, 9.17) is 10.6 Å². The fourth-order valence-corrected chi connectivity index (χ4v) is 2.37. The predicted octanol–water partition coefficient (Wildman–Crippen LogP) is 0.753.